The molecule has 3 rings (SSSR count). The van der Waals surface area contributed by atoms with E-state index >= 15 is 0 Å². The van der Waals surface area contributed by atoms with Gasteiger partial charge in [-0.15, -0.1) is 0 Å². The van der Waals surface area contributed by atoms with Gasteiger partial charge in [-0.1, -0.05) is 35.3 Å². The summed E-state index contributed by atoms with van der Waals surface area (Å²) in [7, 11) is 0. The van der Waals surface area contributed by atoms with E-state index in [0.717, 1.165) is 0 Å². The van der Waals surface area contributed by atoms with Gasteiger partial charge in [0.2, 0.25) is 0 Å². The maximum absolute atomic E-state index is 12.1. The molecule has 0 saturated heterocycles. The van der Waals surface area contributed by atoms with Gasteiger partial charge in [-0.05, 0) is 50.2 Å². The molecule has 1 heterocycles. The van der Waals surface area contributed by atoms with E-state index in [2.05, 4.69) is 0 Å². The molecule has 2 aromatic carbocycles. The molecule has 1 aliphatic heterocycles. The average molecular weight is 378 g/mol. The fourth-order valence-corrected chi connectivity index (χ4v) is 3.56. The highest BCUT2D eigenvalue weighted by molar-refractivity contribution is 6.30. The topological polar surface area (TPSA) is 60.8 Å². The Labute approximate surface area is 155 Å². The van der Waals surface area contributed by atoms with Gasteiger partial charge in [-0.25, -0.2) is 0 Å². The monoisotopic (exact) mass is 377 g/mol. The van der Waals surface area contributed by atoms with Gasteiger partial charge in [0.05, 0.1) is 0 Å². The summed E-state index contributed by atoms with van der Waals surface area (Å²) in [6.07, 6.45) is -1.40. The number of aliphatic hydroxyl groups excluding tert-OH is 1. The largest absolute Gasteiger partial charge is 0.383 e. The number of Topliss-reactive ketones (excluding diaryl/α,β-unsaturated/α-hetero) is 1. The number of hydrogen-bond acceptors (Lipinski definition) is 4. The molecular formula is C19H17Cl2NO3. The maximum Gasteiger partial charge on any atom is 0.199 e. The zero-order chi connectivity index (χ0) is 18.4. The summed E-state index contributed by atoms with van der Waals surface area (Å²) < 4.78 is 0. The number of allylic oxidation sites excluding steroid dienone is 1. The van der Waals surface area contributed by atoms with E-state index in [-0.39, 0.29) is 11.4 Å². The Hall–Kier alpha value is -1.85. The molecule has 0 saturated carbocycles. The quantitative estimate of drug-likeness (QED) is 0.851. The Morgan fingerprint density at radius 1 is 1.04 bits per heavy atom. The highest BCUT2D eigenvalue weighted by Crippen LogP contribution is 2.46. The van der Waals surface area contributed by atoms with Crippen molar-refractivity contribution < 1.29 is 15.0 Å². The van der Waals surface area contributed by atoms with E-state index in [1.165, 1.54) is 6.92 Å². The van der Waals surface area contributed by atoms with Crippen molar-refractivity contribution in [1.29, 1.82) is 0 Å². The number of rotatable bonds is 3. The van der Waals surface area contributed by atoms with Crippen LogP contribution in [0, 0.1) is 0 Å². The third kappa shape index (κ3) is 2.85. The van der Waals surface area contributed by atoms with Crippen molar-refractivity contribution in [3.8, 4) is 0 Å². The lowest BCUT2D eigenvalue weighted by molar-refractivity contribution is -0.116. The number of ketones is 1. The first kappa shape index (κ1) is 18.0. The summed E-state index contributed by atoms with van der Waals surface area (Å²) in [5.74, 6) is -0.297. The van der Waals surface area contributed by atoms with Crippen LogP contribution in [0.5, 0.6) is 0 Å². The van der Waals surface area contributed by atoms with Gasteiger partial charge in [0, 0.05) is 32.6 Å². The van der Waals surface area contributed by atoms with Crippen LogP contribution in [0.3, 0.4) is 0 Å². The van der Waals surface area contributed by atoms with Gasteiger partial charge in [0.1, 0.15) is 6.10 Å². The number of anilines is 1. The van der Waals surface area contributed by atoms with Gasteiger partial charge < -0.3 is 15.1 Å². The average Bonchev–Trinajstić information content (AvgIpc) is 2.76. The van der Waals surface area contributed by atoms with Crippen molar-refractivity contribution in [1.82, 2.24) is 0 Å². The molecule has 2 N–H and O–H groups in total. The lowest BCUT2D eigenvalue weighted by Crippen LogP contribution is -2.49. The number of hydrogen-bond donors (Lipinski definition) is 2. The number of carbonyl (C=O) groups is 1. The van der Waals surface area contributed by atoms with E-state index < -0.39 is 11.8 Å². The van der Waals surface area contributed by atoms with Crippen LogP contribution < -0.4 is 4.90 Å². The lowest BCUT2D eigenvalue weighted by atomic mass is 9.92. The lowest BCUT2D eigenvalue weighted by Gasteiger charge is -2.39. The highest BCUT2D eigenvalue weighted by atomic mass is 35.5. The molecule has 0 radical (unpaired) electrons. The number of halogens is 2. The summed E-state index contributed by atoms with van der Waals surface area (Å²) in [6, 6.07) is 13.3. The van der Waals surface area contributed by atoms with E-state index in [4.69, 9.17) is 23.2 Å². The summed E-state index contributed by atoms with van der Waals surface area (Å²) in [6.45, 7) is 3.07. The van der Waals surface area contributed by atoms with Crippen molar-refractivity contribution in [2.45, 2.75) is 25.7 Å². The van der Waals surface area contributed by atoms with E-state index in [1.807, 2.05) is 0 Å². The van der Waals surface area contributed by atoms with Crippen molar-refractivity contribution in [3.63, 3.8) is 0 Å². The van der Waals surface area contributed by atoms with Crippen LogP contribution in [0.2, 0.25) is 10.0 Å². The molecule has 2 aromatic rings. The van der Waals surface area contributed by atoms with Crippen molar-refractivity contribution in [2.75, 3.05) is 4.90 Å². The number of aliphatic hydroxyl groups is 2. The Balaban J connectivity index is 2.22. The Bertz CT molecular complexity index is 846. The zero-order valence-electron chi connectivity index (χ0n) is 13.7. The summed E-state index contributed by atoms with van der Waals surface area (Å²) in [5, 5.41) is 23.4. The van der Waals surface area contributed by atoms with Crippen LogP contribution in [0.1, 0.15) is 19.4 Å². The molecular weight excluding hydrogens is 361 g/mol. The first-order chi connectivity index (χ1) is 11.8. The third-order valence-electron chi connectivity index (χ3n) is 4.45. The highest BCUT2D eigenvalue weighted by Gasteiger charge is 2.53. The van der Waals surface area contributed by atoms with Crippen LogP contribution in [0.15, 0.2) is 59.8 Å². The van der Waals surface area contributed by atoms with E-state index in [1.54, 1.807) is 60.4 Å². The molecule has 4 nitrogen and oxygen atoms in total. The van der Waals surface area contributed by atoms with Crippen LogP contribution in [0.4, 0.5) is 5.69 Å². The summed E-state index contributed by atoms with van der Waals surface area (Å²) >= 11 is 11.9. The standard InChI is InChI=1S/C19H17Cl2NO3/c1-11-17(12(2)23)18(24)19(25,13-3-5-14(20)6-4-13)22(11)16-9-7-15(21)8-10-16/h3-10,18,24-25H,1-2H3. The van der Waals surface area contributed by atoms with Gasteiger partial charge in [-0.3, -0.25) is 4.79 Å². The molecule has 0 aromatic heterocycles. The van der Waals surface area contributed by atoms with Crippen LogP contribution in [-0.2, 0) is 10.5 Å². The molecule has 2 unspecified atom stereocenters. The second-order valence-corrected chi connectivity index (χ2v) is 6.88. The van der Waals surface area contributed by atoms with E-state index in [0.29, 0.717) is 27.0 Å². The summed E-state index contributed by atoms with van der Waals surface area (Å²) in [5.41, 5.74) is -0.138. The van der Waals surface area contributed by atoms with Crippen molar-refractivity contribution in [3.05, 3.63) is 75.4 Å². The predicted octanol–water partition coefficient (Wildman–Crippen LogP) is 3.88. The molecule has 0 spiro atoms. The molecule has 25 heavy (non-hydrogen) atoms. The molecule has 0 fully saturated rings. The predicted molar refractivity (Wildman–Crippen MR) is 98.7 cm³/mol. The minimum absolute atomic E-state index is 0.174. The van der Waals surface area contributed by atoms with Gasteiger partial charge >= 0.3 is 0 Å². The van der Waals surface area contributed by atoms with Crippen LogP contribution in [-0.4, -0.2) is 22.1 Å². The number of carbonyl (C=O) groups excluding carboxylic acids is 1. The SMILES string of the molecule is CC(=O)C1=C(C)N(c2ccc(Cl)cc2)C(O)(c2ccc(Cl)cc2)C1O. The first-order valence-electron chi connectivity index (χ1n) is 7.70. The number of nitrogens with zero attached hydrogens (tertiary/aromatic N) is 1. The molecule has 1 aliphatic rings. The Morgan fingerprint density at radius 2 is 1.52 bits per heavy atom. The molecule has 0 aliphatic carbocycles. The molecule has 0 amide bonds. The second-order valence-electron chi connectivity index (χ2n) is 6.00. The third-order valence-corrected chi connectivity index (χ3v) is 4.96. The van der Waals surface area contributed by atoms with Crippen molar-refractivity contribution >= 4 is 34.7 Å². The zero-order valence-corrected chi connectivity index (χ0v) is 15.2. The Morgan fingerprint density at radius 3 is 2.00 bits per heavy atom. The van der Waals surface area contributed by atoms with Crippen LogP contribution >= 0.6 is 23.2 Å². The fraction of sp³-hybridized carbons (Fsp3) is 0.211. The molecule has 0 bridgehead atoms. The second kappa shape index (κ2) is 6.46. The minimum atomic E-state index is -1.83. The van der Waals surface area contributed by atoms with Gasteiger partial charge in [0.25, 0.3) is 0 Å². The molecule has 6 heteroatoms. The minimum Gasteiger partial charge on any atom is -0.383 e. The fourth-order valence-electron chi connectivity index (χ4n) is 3.31. The molecule has 130 valence electrons. The Kier molecular flexibility index (Phi) is 4.64. The van der Waals surface area contributed by atoms with Crippen molar-refractivity contribution in [2.24, 2.45) is 0 Å². The summed E-state index contributed by atoms with van der Waals surface area (Å²) in [4.78, 5) is 13.6. The van der Waals surface area contributed by atoms with Gasteiger partial charge in [0.15, 0.2) is 11.5 Å². The smallest absolute Gasteiger partial charge is 0.199 e. The van der Waals surface area contributed by atoms with E-state index in [9.17, 15) is 15.0 Å². The van der Waals surface area contributed by atoms with Gasteiger partial charge in [-0.2, -0.15) is 0 Å². The molecule has 2 atom stereocenters. The first-order valence-corrected chi connectivity index (χ1v) is 8.46. The normalized spacial score (nSPS) is 23.3. The van der Waals surface area contributed by atoms with Crippen LogP contribution in [0.25, 0.3) is 0 Å². The number of benzene rings is 2. The maximum atomic E-state index is 12.1.